The van der Waals surface area contributed by atoms with Gasteiger partial charge in [-0.05, 0) is 35.9 Å². The van der Waals surface area contributed by atoms with Gasteiger partial charge in [0.05, 0.1) is 13.2 Å². The minimum Gasteiger partial charge on any atom is -0.448 e. The molecule has 1 aromatic carbocycles. The van der Waals surface area contributed by atoms with Crippen molar-refractivity contribution in [3.63, 3.8) is 0 Å². The van der Waals surface area contributed by atoms with Gasteiger partial charge >= 0.3 is 6.09 Å². The van der Waals surface area contributed by atoms with Crippen molar-refractivity contribution in [1.29, 1.82) is 0 Å². The minimum atomic E-state index is -0.432. The van der Waals surface area contributed by atoms with E-state index in [9.17, 15) is 9.70 Å². The van der Waals surface area contributed by atoms with Crippen LogP contribution in [0.25, 0.3) is 0 Å². The van der Waals surface area contributed by atoms with E-state index in [-0.39, 0.29) is 13.2 Å². The number of ether oxygens (including phenoxy) is 1. The van der Waals surface area contributed by atoms with Crippen molar-refractivity contribution >= 4 is 17.5 Å². The summed E-state index contributed by atoms with van der Waals surface area (Å²) in [7, 11) is 0. The Kier molecular flexibility index (Phi) is 8.59. The Bertz CT molecular complexity index is 451. The highest BCUT2D eigenvalue weighted by Gasteiger charge is 2.08. The molecule has 0 atom stereocenters. The lowest BCUT2D eigenvalue weighted by Crippen LogP contribution is -2.33. The van der Waals surface area contributed by atoms with E-state index >= 15 is 0 Å². The molecule has 1 aromatic rings. The van der Waals surface area contributed by atoms with Crippen molar-refractivity contribution in [2.45, 2.75) is 19.8 Å². The second-order valence-electron chi connectivity index (χ2n) is 4.73. The Labute approximate surface area is 130 Å². The maximum atomic E-state index is 11.4. The first-order valence-electron chi connectivity index (χ1n) is 7.41. The fourth-order valence-electron chi connectivity index (χ4n) is 1.88. The van der Waals surface area contributed by atoms with Crippen LogP contribution in [0.4, 0.5) is 16.2 Å². The van der Waals surface area contributed by atoms with E-state index in [1.807, 2.05) is 11.8 Å². The fraction of sp³-hybridized carbons (Fsp3) is 0.533. The van der Waals surface area contributed by atoms with Crippen LogP contribution in [0.15, 0.2) is 29.4 Å². The third-order valence-corrected chi connectivity index (χ3v) is 3.08. The summed E-state index contributed by atoms with van der Waals surface area (Å²) in [5.41, 5.74) is 1.18. The summed E-state index contributed by atoms with van der Waals surface area (Å²) in [5.74, 6) is 0. The van der Waals surface area contributed by atoms with Crippen LogP contribution in [0.2, 0.25) is 0 Å². The number of aliphatic hydroxyl groups is 1. The van der Waals surface area contributed by atoms with Gasteiger partial charge in [-0.15, -0.1) is 4.91 Å². The van der Waals surface area contributed by atoms with Crippen molar-refractivity contribution < 1.29 is 14.6 Å². The zero-order valence-corrected chi connectivity index (χ0v) is 12.8. The maximum absolute atomic E-state index is 11.4. The Morgan fingerprint density at radius 3 is 2.64 bits per heavy atom. The quantitative estimate of drug-likeness (QED) is 0.511. The summed E-state index contributed by atoms with van der Waals surface area (Å²) >= 11 is 0. The number of rotatable bonds is 10. The summed E-state index contributed by atoms with van der Waals surface area (Å²) in [6.45, 7) is 3.72. The van der Waals surface area contributed by atoms with Crippen LogP contribution in [0, 0.1) is 4.91 Å². The molecule has 0 unspecified atom stereocenters. The molecule has 2 N–H and O–H groups in total. The van der Waals surface area contributed by atoms with Crippen molar-refractivity contribution in [2.75, 3.05) is 37.7 Å². The van der Waals surface area contributed by atoms with Crippen molar-refractivity contribution in [1.82, 2.24) is 5.32 Å². The summed E-state index contributed by atoms with van der Waals surface area (Å²) in [6.07, 6.45) is 1.50. The second-order valence-corrected chi connectivity index (χ2v) is 4.73. The van der Waals surface area contributed by atoms with Gasteiger partial charge in [0.15, 0.2) is 0 Å². The predicted octanol–water partition coefficient (Wildman–Crippen LogP) is 2.41. The molecule has 7 heteroatoms. The predicted molar refractivity (Wildman–Crippen MR) is 85.5 cm³/mol. The van der Waals surface area contributed by atoms with E-state index in [1.54, 1.807) is 24.3 Å². The molecule has 0 fully saturated rings. The molecule has 0 heterocycles. The number of nitrogens with zero attached hydrogens (tertiary/aromatic N) is 2. The molecule has 0 saturated heterocycles. The zero-order valence-electron chi connectivity index (χ0n) is 12.8. The van der Waals surface area contributed by atoms with Gasteiger partial charge in [-0.25, -0.2) is 4.79 Å². The molecule has 0 spiro atoms. The number of alkyl carbamates (subject to hydrolysis) is 1. The zero-order chi connectivity index (χ0) is 16.2. The van der Waals surface area contributed by atoms with E-state index in [2.05, 4.69) is 10.5 Å². The molecule has 0 bridgehead atoms. The average Bonchev–Trinajstić information content (AvgIpc) is 2.54. The lowest BCUT2D eigenvalue weighted by molar-refractivity contribution is 0.148. The van der Waals surface area contributed by atoms with E-state index in [0.717, 1.165) is 18.5 Å². The number of benzene rings is 1. The molecule has 0 aliphatic carbocycles. The number of hydrogen-bond donors (Lipinski definition) is 2. The van der Waals surface area contributed by atoms with Gasteiger partial charge in [-0.3, -0.25) is 0 Å². The highest BCUT2D eigenvalue weighted by molar-refractivity contribution is 5.67. The Morgan fingerprint density at radius 1 is 1.32 bits per heavy atom. The maximum Gasteiger partial charge on any atom is 0.407 e. The van der Waals surface area contributed by atoms with Crippen LogP contribution in [0.5, 0.6) is 0 Å². The van der Waals surface area contributed by atoms with Crippen LogP contribution >= 0.6 is 0 Å². The molecule has 7 nitrogen and oxygen atoms in total. The van der Waals surface area contributed by atoms with Gasteiger partial charge in [0.1, 0.15) is 12.3 Å². The van der Waals surface area contributed by atoms with Crippen LogP contribution in [0.3, 0.4) is 0 Å². The third kappa shape index (κ3) is 6.53. The summed E-state index contributed by atoms with van der Waals surface area (Å²) in [5, 5.41) is 14.6. The first-order valence-corrected chi connectivity index (χ1v) is 7.41. The first kappa shape index (κ1) is 17.9. The summed E-state index contributed by atoms with van der Waals surface area (Å²) in [6, 6.07) is 6.69. The van der Waals surface area contributed by atoms with E-state index < -0.39 is 6.09 Å². The van der Waals surface area contributed by atoms with E-state index in [0.29, 0.717) is 25.3 Å². The Balaban J connectivity index is 2.43. The molecule has 0 aromatic heterocycles. The SMILES string of the molecule is CCCCNC(=O)OCCN(CCO)c1ccc(N=O)cc1. The molecular formula is C15H23N3O4. The Morgan fingerprint density at radius 2 is 2.05 bits per heavy atom. The molecule has 0 radical (unpaired) electrons. The van der Waals surface area contributed by atoms with Crippen LogP contribution < -0.4 is 10.2 Å². The summed E-state index contributed by atoms with van der Waals surface area (Å²) < 4.78 is 5.09. The molecule has 0 aliphatic rings. The van der Waals surface area contributed by atoms with E-state index in [1.165, 1.54) is 0 Å². The number of unbranched alkanes of at least 4 members (excludes halogenated alkanes) is 1. The number of amides is 1. The van der Waals surface area contributed by atoms with Gasteiger partial charge in [-0.1, -0.05) is 13.3 Å². The molecular weight excluding hydrogens is 286 g/mol. The first-order chi connectivity index (χ1) is 10.7. The number of anilines is 1. The lowest BCUT2D eigenvalue weighted by Gasteiger charge is -2.23. The van der Waals surface area contributed by atoms with Gasteiger partial charge in [-0.2, -0.15) is 0 Å². The van der Waals surface area contributed by atoms with Crippen molar-refractivity contribution in [2.24, 2.45) is 5.18 Å². The van der Waals surface area contributed by atoms with Crippen LogP contribution in [0.1, 0.15) is 19.8 Å². The van der Waals surface area contributed by atoms with Crippen LogP contribution in [-0.2, 0) is 4.74 Å². The molecule has 1 amide bonds. The lowest BCUT2D eigenvalue weighted by atomic mass is 10.2. The Hall–Kier alpha value is -2.15. The van der Waals surface area contributed by atoms with Crippen molar-refractivity contribution in [3.8, 4) is 0 Å². The smallest absolute Gasteiger partial charge is 0.407 e. The number of carbonyl (C=O) groups excluding carboxylic acids is 1. The largest absolute Gasteiger partial charge is 0.448 e. The minimum absolute atomic E-state index is 0.0175. The standard InChI is InChI=1S/C15H23N3O4/c1-2-3-8-16-15(20)22-12-10-18(9-11-19)14-6-4-13(17-21)5-7-14/h4-7,19H,2-3,8-12H2,1H3,(H,16,20). The normalized spacial score (nSPS) is 10.1. The van der Waals surface area contributed by atoms with Gasteiger partial charge in [0, 0.05) is 18.8 Å². The van der Waals surface area contributed by atoms with Gasteiger partial charge in [0.2, 0.25) is 0 Å². The molecule has 1 rings (SSSR count). The second kappa shape index (κ2) is 10.6. The topological polar surface area (TPSA) is 91.2 Å². The van der Waals surface area contributed by atoms with Crippen molar-refractivity contribution in [3.05, 3.63) is 29.2 Å². The highest BCUT2D eigenvalue weighted by atomic mass is 16.5. The van der Waals surface area contributed by atoms with Crippen LogP contribution in [-0.4, -0.2) is 44.0 Å². The monoisotopic (exact) mass is 309 g/mol. The number of hydrogen-bond acceptors (Lipinski definition) is 6. The number of nitrogens with one attached hydrogen (secondary N) is 1. The fourth-order valence-corrected chi connectivity index (χ4v) is 1.88. The molecule has 122 valence electrons. The third-order valence-electron chi connectivity index (χ3n) is 3.08. The molecule has 22 heavy (non-hydrogen) atoms. The number of nitroso groups, excluding NO2 is 1. The number of carbonyl (C=O) groups is 1. The number of aliphatic hydroxyl groups excluding tert-OH is 1. The molecule has 0 aliphatic heterocycles. The highest BCUT2D eigenvalue weighted by Crippen LogP contribution is 2.19. The summed E-state index contributed by atoms with van der Waals surface area (Å²) in [4.78, 5) is 23.7. The van der Waals surface area contributed by atoms with E-state index in [4.69, 9.17) is 9.84 Å². The molecule has 0 saturated carbocycles. The average molecular weight is 309 g/mol. The van der Waals surface area contributed by atoms with Gasteiger partial charge in [0.25, 0.3) is 0 Å². The van der Waals surface area contributed by atoms with Gasteiger partial charge < -0.3 is 20.1 Å².